The summed E-state index contributed by atoms with van der Waals surface area (Å²) in [5.74, 6) is -0.623. The third kappa shape index (κ3) is 3.59. The van der Waals surface area contributed by atoms with Crippen molar-refractivity contribution in [2.24, 2.45) is 0 Å². The molecule has 1 fully saturated rings. The van der Waals surface area contributed by atoms with Crippen LogP contribution < -0.4 is 10.2 Å². The molecule has 0 spiro atoms. The van der Waals surface area contributed by atoms with Crippen LogP contribution in [0.15, 0.2) is 36.5 Å². The first-order valence-electron chi connectivity index (χ1n) is 10.4. The van der Waals surface area contributed by atoms with Gasteiger partial charge in [-0.1, -0.05) is 12.1 Å². The van der Waals surface area contributed by atoms with Gasteiger partial charge in [-0.3, -0.25) is 0 Å². The molecule has 0 saturated carbocycles. The quantitative estimate of drug-likeness (QED) is 0.360. The highest BCUT2D eigenvalue weighted by Gasteiger charge is 2.22. The molecule has 4 heterocycles. The number of benzene rings is 1. The zero-order chi connectivity index (χ0) is 22.1. The van der Waals surface area contributed by atoms with Crippen molar-refractivity contribution >= 4 is 39.5 Å². The predicted octanol–water partition coefficient (Wildman–Crippen LogP) is 2.11. The van der Waals surface area contributed by atoms with Gasteiger partial charge >= 0.3 is 5.97 Å². The lowest BCUT2D eigenvalue weighted by Gasteiger charge is -2.27. The summed E-state index contributed by atoms with van der Waals surface area (Å²) in [5.41, 5.74) is 3.57. The molecule has 0 unspecified atom stereocenters. The minimum Gasteiger partial charge on any atom is -0.477 e. The van der Waals surface area contributed by atoms with Gasteiger partial charge in [-0.05, 0) is 18.2 Å². The summed E-state index contributed by atoms with van der Waals surface area (Å²) in [5, 5.41) is 23.0. The molecule has 1 saturated heterocycles. The summed E-state index contributed by atoms with van der Waals surface area (Å²) in [7, 11) is 0. The van der Waals surface area contributed by atoms with Gasteiger partial charge in [-0.15, -0.1) is 0 Å². The van der Waals surface area contributed by atoms with Gasteiger partial charge in [0.25, 0.3) is 0 Å². The molecule has 0 amide bonds. The smallest absolute Gasteiger partial charge is 0.354 e. The maximum atomic E-state index is 11.8. The van der Waals surface area contributed by atoms with Crippen molar-refractivity contribution in [3.8, 4) is 11.3 Å². The molecular weight excluding hydrogens is 412 g/mol. The lowest BCUT2D eigenvalue weighted by Crippen LogP contribution is -2.37. The molecule has 0 bridgehead atoms. The average Bonchev–Trinajstić information content (AvgIpc) is 3.31. The normalized spacial score (nSPS) is 14.2. The zero-order valence-electron chi connectivity index (χ0n) is 17.2. The van der Waals surface area contributed by atoms with Crippen molar-refractivity contribution in [3.63, 3.8) is 0 Å². The molecule has 0 atom stereocenters. The van der Waals surface area contributed by atoms with Crippen molar-refractivity contribution in [2.45, 2.75) is 0 Å². The van der Waals surface area contributed by atoms with Crippen LogP contribution in [-0.4, -0.2) is 75.6 Å². The Morgan fingerprint density at radius 3 is 2.78 bits per heavy atom. The Morgan fingerprint density at radius 1 is 1.16 bits per heavy atom. The largest absolute Gasteiger partial charge is 0.477 e. The van der Waals surface area contributed by atoms with Crippen molar-refractivity contribution in [1.82, 2.24) is 19.9 Å². The second-order valence-electron chi connectivity index (χ2n) is 7.42. The van der Waals surface area contributed by atoms with Gasteiger partial charge in [0, 0.05) is 42.3 Å². The molecule has 5 rings (SSSR count). The molecule has 32 heavy (non-hydrogen) atoms. The first-order valence-corrected chi connectivity index (χ1v) is 10.4. The summed E-state index contributed by atoms with van der Waals surface area (Å²) in [6.07, 6.45) is 1.85. The summed E-state index contributed by atoms with van der Waals surface area (Å²) in [4.78, 5) is 31.1. The number of nitrogens with one attached hydrogen (secondary N) is 2. The number of aromatic nitrogens is 4. The van der Waals surface area contributed by atoms with E-state index in [1.807, 2.05) is 35.4 Å². The molecule has 10 heteroatoms. The van der Waals surface area contributed by atoms with E-state index in [0.29, 0.717) is 54.7 Å². The summed E-state index contributed by atoms with van der Waals surface area (Å²) in [6.45, 7) is 2.60. The Bertz CT molecular complexity index is 1300. The van der Waals surface area contributed by atoms with E-state index in [9.17, 15) is 15.0 Å². The molecule has 10 nitrogen and oxygen atoms in total. The highest BCUT2D eigenvalue weighted by atomic mass is 16.5. The van der Waals surface area contributed by atoms with Crippen molar-refractivity contribution in [3.05, 3.63) is 42.2 Å². The Kier molecular flexibility index (Phi) is 5.29. The molecule has 0 radical (unpaired) electrons. The van der Waals surface area contributed by atoms with E-state index in [0.717, 1.165) is 16.5 Å². The Labute approximate surface area is 182 Å². The molecule has 1 aliphatic heterocycles. The van der Waals surface area contributed by atoms with Gasteiger partial charge in [0.1, 0.15) is 16.7 Å². The van der Waals surface area contributed by atoms with E-state index in [1.165, 1.54) is 6.07 Å². The van der Waals surface area contributed by atoms with Crippen molar-refractivity contribution < 1.29 is 19.7 Å². The number of aliphatic hydroxyl groups excluding tert-OH is 1. The van der Waals surface area contributed by atoms with Crippen LogP contribution in [0.25, 0.3) is 33.2 Å². The van der Waals surface area contributed by atoms with Crippen LogP contribution in [0.3, 0.4) is 0 Å². The molecule has 1 aliphatic rings. The SMILES string of the molecule is O=C(O)c1cc(NCCO)c2nc(N3CCOCC3)nc(-c3cccc4[nH]ccc34)c2n1. The van der Waals surface area contributed by atoms with Gasteiger partial charge < -0.3 is 30.2 Å². The standard InChI is InChI=1S/C22H22N6O4/c29-9-6-24-16-12-17(21(30)31)25-20-18(14-2-1-3-15-13(14)4-5-23-15)26-22(27-19(16)20)28-7-10-32-11-8-28/h1-5,12,23,29H,6-11H2,(H,24,25)(H,30,31). The lowest BCUT2D eigenvalue weighted by atomic mass is 10.0. The highest BCUT2D eigenvalue weighted by molar-refractivity contribution is 6.05. The second kappa shape index (κ2) is 8.40. The number of ether oxygens (including phenoxy) is 1. The molecule has 164 valence electrons. The van der Waals surface area contributed by atoms with Crippen LogP contribution in [0.2, 0.25) is 0 Å². The van der Waals surface area contributed by atoms with Crippen LogP contribution in [0.4, 0.5) is 11.6 Å². The minimum absolute atomic E-state index is 0.108. The third-order valence-electron chi connectivity index (χ3n) is 5.43. The Hall–Kier alpha value is -3.76. The maximum Gasteiger partial charge on any atom is 0.354 e. The number of aromatic amines is 1. The number of morpholine rings is 1. The number of rotatable bonds is 6. The maximum absolute atomic E-state index is 11.8. The molecule has 1 aromatic carbocycles. The van der Waals surface area contributed by atoms with Crippen molar-refractivity contribution in [1.29, 1.82) is 0 Å². The topological polar surface area (TPSA) is 136 Å². The molecular formula is C22H22N6O4. The number of H-pyrrole nitrogens is 1. The number of pyridine rings is 1. The van der Waals surface area contributed by atoms with Crippen LogP contribution in [0, 0.1) is 0 Å². The predicted molar refractivity (Wildman–Crippen MR) is 120 cm³/mol. The second-order valence-corrected chi connectivity index (χ2v) is 7.42. The van der Waals surface area contributed by atoms with E-state index < -0.39 is 5.97 Å². The fraction of sp³-hybridized carbons (Fsp3) is 0.273. The highest BCUT2D eigenvalue weighted by Crippen LogP contribution is 2.35. The van der Waals surface area contributed by atoms with Crippen LogP contribution >= 0.6 is 0 Å². The van der Waals surface area contributed by atoms with Crippen LogP contribution in [-0.2, 0) is 4.74 Å². The summed E-state index contributed by atoms with van der Waals surface area (Å²) < 4.78 is 5.47. The third-order valence-corrected chi connectivity index (χ3v) is 5.43. The monoisotopic (exact) mass is 434 g/mol. The molecule has 4 aromatic rings. The fourth-order valence-electron chi connectivity index (χ4n) is 3.91. The van der Waals surface area contributed by atoms with Crippen LogP contribution in [0.1, 0.15) is 10.5 Å². The number of anilines is 2. The van der Waals surface area contributed by atoms with Gasteiger partial charge in [0.15, 0.2) is 5.69 Å². The molecule has 0 aliphatic carbocycles. The van der Waals surface area contributed by atoms with Gasteiger partial charge in [-0.25, -0.2) is 19.7 Å². The van der Waals surface area contributed by atoms with E-state index >= 15 is 0 Å². The average molecular weight is 434 g/mol. The molecule has 4 N–H and O–H groups in total. The number of carboxylic acids is 1. The zero-order valence-corrected chi connectivity index (χ0v) is 17.2. The molecule has 3 aromatic heterocycles. The van der Waals surface area contributed by atoms with Gasteiger partial charge in [0.05, 0.1) is 25.5 Å². The Balaban J connectivity index is 1.82. The van der Waals surface area contributed by atoms with Gasteiger partial charge in [-0.2, -0.15) is 0 Å². The number of hydrogen-bond acceptors (Lipinski definition) is 8. The summed E-state index contributed by atoms with van der Waals surface area (Å²) in [6, 6.07) is 9.23. The minimum atomic E-state index is -1.15. The first-order chi connectivity index (χ1) is 15.7. The fourth-order valence-corrected chi connectivity index (χ4v) is 3.91. The van der Waals surface area contributed by atoms with E-state index in [-0.39, 0.29) is 18.8 Å². The van der Waals surface area contributed by atoms with E-state index in [4.69, 9.17) is 14.7 Å². The number of carbonyl (C=O) groups is 1. The van der Waals surface area contributed by atoms with Crippen molar-refractivity contribution in [2.75, 3.05) is 49.7 Å². The Morgan fingerprint density at radius 2 is 2.00 bits per heavy atom. The summed E-state index contributed by atoms with van der Waals surface area (Å²) >= 11 is 0. The van der Waals surface area contributed by atoms with E-state index in [1.54, 1.807) is 0 Å². The number of fused-ring (bicyclic) bond motifs is 2. The van der Waals surface area contributed by atoms with Gasteiger partial charge in [0.2, 0.25) is 5.95 Å². The van der Waals surface area contributed by atoms with E-state index in [2.05, 4.69) is 15.3 Å². The van der Waals surface area contributed by atoms with Crippen LogP contribution in [0.5, 0.6) is 0 Å². The number of nitrogens with zero attached hydrogens (tertiary/aromatic N) is 4. The number of hydrogen-bond donors (Lipinski definition) is 4. The number of aliphatic hydroxyl groups is 1. The number of aromatic carboxylic acids is 1. The first kappa shape index (κ1) is 20.2. The number of carboxylic acid groups (broad SMARTS) is 1. The lowest BCUT2D eigenvalue weighted by molar-refractivity contribution is 0.0691.